The smallest absolute Gasteiger partial charge is 0.545 e. The summed E-state index contributed by atoms with van der Waals surface area (Å²) in [5.41, 5.74) is 1.20. The number of aromatic carboxylic acids is 1. The van der Waals surface area contributed by atoms with E-state index in [4.69, 9.17) is 0 Å². The maximum Gasteiger partial charge on any atom is 1.00 e. The number of rotatable bonds is 4. The molecule has 24 heavy (non-hydrogen) atoms. The summed E-state index contributed by atoms with van der Waals surface area (Å²) in [6.07, 6.45) is 0. The van der Waals surface area contributed by atoms with Crippen LogP contribution in [0.25, 0.3) is 0 Å². The van der Waals surface area contributed by atoms with Gasteiger partial charge in [0.2, 0.25) is 0 Å². The van der Waals surface area contributed by atoms with Crippen molar-refractivity contribution in [2.45, 2.75) is 6.92 Å². The topological polar surface area (TPSA) is 40.1 Å². The molecule has 114 valence electrons. The Bertz CT molecular complexity index is 780. The van der Waals surface area contributed by atoms with Gasteiger partial charge in [0.15, 0.2) is 0 Å². The van der Waals surface area contributed by atoms with Gasteiger partial charge in [-0.1, -0.05) is 78.4 Å². The molecule has 0 aliphatic heterocycles. The van der Waals surface area contributed by atoms with Crippen LogP contribution in [0.1, 0.15) is 15.9 Å². The van der Waals surface area contributed by atoms with Crippen molar-refractivity contribution in [1.82, 2.24) is 0 Å². The third kappa shape index (κ3) is 4.15. The van der Waals surface area contributed by atoms with Gasteiger partial charge in [0.1, 0.15) is 0 Å². The van der Waals surface area contributed by atoms with Crippen molar-refractivity contribution in [2.75, 3.05) is 0 Å². The zero-order valence-electron chi connectivity index (χ0n) is 13.8. The molecule has 0 aromatic heterocycles. The van der Waals surface area contributed by atoms with Crippen LogP contribution in [0.2, 0.25) is 0 Å². The van der Waals surface area contributed by atoms with Crippen LogP contribution in [0.5, 0.6) is 0 Å². The second kappa shape index (κ2) is 8.60. The largest absolute Gasteiger partial charge is 1.00 e. The molecule has 0 saturated heterocycles. The first-order valence-electron chi connectivity index (χ1n) is 7.39. The number of carboxylic acid groups (broad SMARTS) is 1. The van der Waals surface area contributed by atoms with Crippen LogP contribution >= 0.6 is 7.92 Å². The molecule has 4 heteroatoms. The van der Waals surface area contributed by atoms with Gasteiger partial charge in [-0.25, -0.2) is 0 Å². The first-order chi connectivity index (χ1) is 11.2. The first-order valence-corrected chi connectivity index (χ1v) is 8.73. The van der Waals surface area contributed by atoms with Gasteiger partial charge in [0.05, 0.1) is 5.97 Å². The average molecular weight is 342 g/mol. The molecule has 0 heterocycles. The summed E-state index contributed by atoms with van der Waals surface area (Å²) >= 11 is 0. The Labute approximate surface area is 165 Å². The summed E-state index contributed by atoms with van der Waals surface area (Å²) in [6, 6.07) is 25.7. The molecule has 0 atom stereocenters. The minimum atomic E-state index is -1.12. The van der Waals surface area contributed by atoms with Crippen molar-refractivity contribution < 1.29 is 39.5 Å². The molecule has 3 rings (SSSR count). The summed E-state index contributed by atoms with van der Waals surface area (Å²) in [7, 11) is -0.932. The third-order valence-corrected chi connectivity index (χ3v) is 6.14. The van der Waals surface area contributed by atoms with Gasteiger partial charge in [-0.2, -0.15) is 0 Å². The minimum Gasteiger partial charge on any atom is -0.545 e. The number of benzene rings is 3. The van der Waals surface area contributed by atoms with E-state index in [2.05, 4.69) is 24.3 Å². The van der Waals surface area contributed by atoms with Gasteiger partial charge in [-0.05, 0) is 36.8 Å². The van der Waals surface area contributed by atoms with Crippen molar-refractivity contribution in [3.05, 3.63) is 90.0 Å². The summed E-state index contributed by atoms with van der Waals surface area (Å²) in [5, 5.41) is 14.7. The molecule has 0 bridgehead atoms. The van der Waals surface area contributed by atoms with Gasteiger partial charge in [0, 0.05) is 5.56 Å². The SMILES string of the molecule is Cc1ccc(P(c2ccccc2)c2ccccc2)c(C(=O)[O-])c1.[Na+]. The average Bonchev–Trinajstić information content (AvgIpc) is 2.58. The van der Waals surface area contributed by atoms with Crippen molar-refractivity contribution in [3.8, 4) is 0 Å². The van der Waals surface area contributed by atoms with Crippen LogP contribution < -0.4 is 50.6 Å². The summed E-state index contributed by atoms with van der Waals surface area (Å²) in [6.45, 7) is 1.89. The normalized spacial score (nSPS) is 10.2. The Morgan fingerprint density at radius 2 is 1.33 bits per heavy atom. The van der Waals surface area contributed by atoms with E-state index >= 15 is 0 Å². The van der Waals surface area contributed by atoms with Crippen LogP contribution in [0.15, 0.2) is 78.9 Å². The molecule has 0 fully saturated rings. The molecule has 0 unspecified atom stereocenters. The Balaban J connectivity index is 0.00000208. The predicted octanol–water partition coefficient (Wildman–Crippen LogP) is -0.879. The standard InChI is InChI=1S/C20H17O2P.Na/c1-15-12-13-19(18(14-15)20(21)22)23(16-8-4-2-5-9-16)17-10-6-3-7-11-17;/h2-14H,1H3,(H,21,22);/q;+1/p-1. The van der Waals surface area contributed by atoms with Crippen LogP contribution in [0, 0.1) is 6.92 Å². The molecule has 2 nitrogen and oxygen atoms in total. The van der Waals surface area contributed by atoms with Gasteiger partial charge in [-0.15, -0.1) is 0 Å². The zero-order valence-corrected chi connectivity index (χ0v) is 16.7. The summed E-state index contributed by atoms with van der Waals surface area (Å²) in [4.78, 5) is 11.6. The Hall–Kier alpha value is -1.44. The molecular formula is C20H16NaO2P. The maximum absolute atomic E-state index is 11.6. The molecule has 0 spiro atoms. The van der Waals surface area contributed by atoms with E-state index < -0.39 is 13.9 Å². The summed E-state index contributed by atoms with van der Waals surface area (Å²) in [5.74, 6) is -1.12. The zero-order chi connectivity index (χ0) is 16.2. The second-order valence-electron chi connectivity index (χ2n) is 5.31. The molecule has 0 radical (unpaired) electrons. The summed E-state index contributed by atoms with van der Waals surface area (Å²) < 4.78 is 0. The van der Waals surface area contributed by atoms with E-state index in [1.54, 1.807) is 6.07 Å². The van der Waals surface area contributed by atoms with Crippen LogP contribution in [-0.4, -0.2) is 5.97 Å². The molecule has 0 saturated carbocycles. The minimum absolute atomic E-state index is 0. The number of carboxylic acids is 1. The molecular weight excluding hydrogens is 326 g/mol. The Kier molecular flexibility index (Phi) is 6.77. The van der Waals surface area contributed by atoms with Crippen LogP contribution in [0.4, 0.5) is 0 Å². The Morgan fingerprint density at radius 3 is 1.79 bits per heavy atom. The van der Waals surface area contributed by atoms with E-state index in [0.29, 0.717) is 0 Å². The van der Waals surface area contributed by atoms with E-state index in [0.717, 1.165) is 21.5 Å². The maximum atomic E-state index is 11.6. The Morgan fingerprint density at radius 1 is 0.833 bits per heavy atom. The number of carbonyl (C=O) groups excluding carboxylic acids is 1. The van der Waals surface area contributed by atoms with Gasteiger partial charge in [0.25, 0.3) is 0 Å². The molecule has 0 amide bonds. The molecule has 3 aromatic rings. The van der Waals surface area contributed by atoms with Crippen molar-refractivity contribution in [1.29, 1.82) is 0 Å². The molecule has 0 aliphatic rings. The van der Waals surface area contributed by atoms with Gasteiger partial charge < -0.3 is 9.90 Å². The van der Waals surface area contributed by atoms with Crippen molar-refractivity contribution in [3.63, 3.8) is 0 Å². The first kappa shape index (κ1) is 18.9. The molecule has 0 aliphatic carbocycles. The van der Waals surface area contributed by atoms with Crippen molar-refractivity contribution in [2.24, 2.45) is 0 Å². The monoisotopic (exact) mass is 342 g/mol. The van der Waals surface area contributed by atoms with E-state index in [9.17, 15) is 9.90 Å². The van der Waals surface area contributed by atoms with E-state index in [-0.39, 0.29) is 35.1 Å². The second-order valence-corrected chi connectivity index (χ2v) is 7.50. The number of hydrogen-bond acceptors (Lipinski definition) is 2. The number of carbonyl (C=O) groups is 1. The number of hydrogen-bond donors (Lipinski definition) is 0. The van der Waals surface area contributed by atoms with Gasteiger partial charge in [-0.3, -0.25) is 0 Å². The van der Waals surface area contributed by atoms with Crippen molar-refractivity contribution >= 4 is 29.8 Å². The van der Waals surface area contributed by atoms with Gasteiger partial charge >= 0.3 is 29.6 Å². The fraction of sp³-hybridized carbons (Fsp3) is 0.0500. The fourth-order valence-electron chi connectivity index (χ4n) is 2.59. The van der Waals surface area contributed by atoms with Crippen LogP contribution in [-0.2, 0) is 0 Å². The predicted molar refractivity (Wildman–Crippen MR) is 94.2 cm³/mol. The van der Waals surface area contributed by atoms with E-state index in [1.165, 1.54) is 0 Å². The molecule has 0 N–H and O–H groups in total. The molecule has 3 aromatic carbocycles. The van der Waals surface area contributed by atoms with E-state index in [1.807, 2.05) is 55.5 Å². The fourth-order valence-corrected chi connectivity index (χ4v) is 5.01. The third-order valence-electron chi connectivity index (χ3n) is 3.64. The number of aryl methyl sites for hydroxylation is 1. The quantitative estimate of drug-likeness (QED) is 0.456. The van der Waals surface area contributed by atoms with Crippen LogP contribution in [0.3, 0.4) is 0 Å².